The zero-order chi connectivity index (χ0) is 18.7. The summed E-state index contributed by atoms with van der Waals surface area (Å²) in [4.78, 5) is 16.4. The van der Waals surface area contributed by atoms with E-state index in [-0.39, 0.29) is 11.5 Å². The topological polar surface area (TPSA) is 50.2 Å². The van der Waals surface area contributed by atoms with Crippen molar-refractivity contribution in [2.24, 2.45) is 0 Å². The fourth-order valence-electron chi connectivity index (χ4n) is 2.21. The molecule has 0 aliphatic carbocycles. The zero-order valence-corrected chi connectivity index (χ0v) is 14.0. The number of aromatic hydroxyl groups is 1. The molecule has 2 aromatic carbocycles. The van der Waals surface area contributed by atoms with Crippen molar-refractivity contribution in [3.63, 3.8) is 0 Å². The molecule has 0 amide bonds. The van der Waals surface area contributed by atoms with Crippen LogP contribution in [0.25, 0.3) is 16.6 Å². The van der Waals surface area contributed by atoms with E-state index in [1.807, 2.05) is 0 Å². The molecule has 0 saturated heterocycles. The van der Waals surface area contributed by atoms with Gasteiger partial charge in [-0.25, -0.2) is 4.98 Å². The van der Waals surface area contributed by atoms with Crippen molar-refractivity contribution >= 4 is 23.2 Å². The van der Waals surface area contributed by atoms with E-state index in [2.05, 4.69) is 4.98 Å². The van der Waals surface area contributed by atoms with E-state index in [1.54, 1.807) is 17.5 Å². The molecule has 3 aromatic rings. The normalized spacial score (nSPS) is 11.8. The first-order chi connectivity index (χ1) is 12.3. The highest BCUT2D eigenvalue weighted by Gasteiger charge is 2.30. The number of alkyl halides is 3. The van der Waals surface area contributed by atoms with Crippen LogP contribution in [0.1, 0.15) is 21.6 Å². The van der Waals surface area contributed by atoms with Crippen molar-refractivity contribution < 1.29 is 23.1 Å². The lowest BCUT2D eigenvalue weighted by atomic mass is 10.1. The molecule has 3 rings (SSSR count). The lowest BCUT2D eigenvalue weighted by molar-refractivity contribution is -0.137. The molecule has 3 nitrogen and oxygen atoms in total. The first kappa shape index (κ1) is 17.9. The number of carbonyl (C=O) groups excluding carboxylic acids is 1. The molecule has 0 unspecified atom stereocenters. The van der Waals surface area contributed by atoms with Crippen LogP contribution in [0.15, 0.2) is 60.0 Å². The van der Waals surface area contributed by atoms with Gasteiger partial charge in [0.2, 0.25) is 0 Å². The van der Waals surface area contributed by atoms with Crippen LogP contribution in [0.4, 0.5) is 13.2 Å². The Balaban J connectivity index is 1.74. The maximum atomic E-state index is 12.6. The zero-order valence-electron chi connectivity index (χ0n) is 13.2. The molecule has 132 valence electrons. The van der Waals surface area contributed by atoms with Crippen LogP contribution in [0, 0.1) is 0 Å². The summed E-state index contributed by atoms with van der Waals surface area (Å²) in [5.74, 6) is -0.285. The van der Waals surface area contributed by atoms with Crippen LogP contribution in [-0.2, 0) is 6.18 Å². The number of benzene rings is 2. The SMILES string of the molecule is O=C(/C=C/c1csc(-c2ccc(C(F)(F)F)cc2)n1)c1cccc(O)c1. The Kier molecular flexibility index (Phi) is 4.90. The first-order valence-electron chi connectivity index (χ1n) is 7.47. The Bertz CT molecular complexity index is 959. The molecule has 26 heavy (non-hydrogen) atoms. The maximum Gasteiger partial charge on any atom is 0.416 e. The lowest BCUT2D eigenvalue weighted by Gasteiger charge is -2.06. The van der Waals surface area contributed by atoms with Gasteiger partial charge in [0.15, 0.2) is 5.78 Å². The number of rotatable bonds is 4. The van der Waals surface area contributed by atoms with Gasteiger partial charge in [0.25, 0.3) is 0 Å². The molecule has 0 fully saturated rings. The Morgan fingerprint density at radius 2 is 1.85 bits per heavy atom. The van der Waals surface area contributed by atoms with Crippen molar-refractivity contribution in [3.05, 3.63) is 76.8 Å². The standard InChI is InChI=1S/C19H12F3NO2S/c20-19(21,22)14-6-4-12(5-7-14)18-23-15(11-26-18)8-9-17(25)13-2-1-3-16(24)10-13/h1-11,24H/b9-8+. The fraction of sp³-hybridized carbons (Fsp3) is 0.0526. The summed E-state index contributed by atoms with van der Waals surface area (Å²) in [5, 5.41) is 11.7. The summed E-state index contributed by atoms with van der Waals surface area (Å²) in [5.41, 5.74) is 0.731. The smallest absolute Gasteiger partial charge is 0.416 e. The number of thiazole rings is 1. The summed E-state index contributed by atoms with van der Waals surface area (Å²) in [7, 11) is 0. The number of phenols is 1. The van der Waals surface area contributed by atoms with Crippen LogP contribution >= 0.6 is 11.3 Å². The second-order valence-electron chi connectivity index (χ2n) is 5.40. The van der Waals surface area contributed by atoms with Crippen LogP contribution < -0.4 is 0 Å². The Hall–Kier alpha value is -2.93. The quantitative estimate of drug-likeness (QED) is 0.489. The molecular weight excluding hydrogens is 363 g/mol. The molecular formula is C19H12F3NO2S. The second-order valence-corrected chi connectivity index (χ2v) is 6.26. The van der Waals surface area contributed by atoms with E-state index in [1.165, 1.54) is 47.8 Å². The minimum absolute atomic E-state index is 0.00231. The Labute approximate surface area is 151 Å². The Morgan fingerprint density at radius 1 is 1.12 bits per heavy atom. The van der Waals surface area contributed by atoms with Gasteiger partial charge in [-0.2, -0.15) is 13.2 Å². The number of phenolic OH excluding ortho intramolecular Hbond substituents is 1. The second kappa shape index (κ2) is 7.13. The molecule has 0 aliphatic heterocycles. The highest BCUT2D eigenvalue weighted by atomic mass is 32.1. The molecule has 1 N–H and O–H groups in total. The van der Waals surface area contributed by atoms with Gasteiger partial charge < -0.3 is 5.11 Å². The van der Waals surface area contributed by atoms with Gasteiger partial charge in [-0.05, 0) is 36.4 Å². The largest absolute Gasteiger partial charge is 0.508 e. The number of carbonyl (C=O) groups is 1. The molecule has 0 saturated carbocycles. The van der Waals surface area contributed by atoms with Crippen LogP contribution in [0.2, 0.25) is 0 Å². The molecule has 0 spiro atoms. The van der Waals surface area contributed by atoms with E-state index >= 15 is 0 Å². The summed E-state index contributed by atoms with van der Waals surface area (Å²) in [6.45, 7) is 0. The van der Waals surface area contributed by atoms with Crippen molar-refractivity contribution in [1.29, 1.82) is 0 Å². The summed E-state index contributed by atoms with van der Waals surface area (Å²) >= 11 is 1.27. The minimum Gasteiger partial charge on any atom is -0.508 e. The van der Waals surface area contributed by atoms with Crippen LogP contribution in [0.5, 0.6) is 5.75 Å². The molecule has 0 radical (unpaired) electrons. The summed E-state index contributed by atoms with van der Waals surface area (Å²) in [6, 6.07) is 10.7. The van der Waals surface area contributed by atoms with Crippen molar-refractivity contribution in [3.8, 4) is 16.3 Å². The van der Waals surface area contributed by atoms with Crippen molar-refractivity contribution in [2.45, 2.75) is 6.18 Å². The average Bonchev–Trinajstić information content (AvgIpc) is 3.08. The predicted octanol–water partition coefficient (Wildman–Crippen LogP) is 5.43. The fourth-order valence-corrected chi connectivity index (χ4v) is 3.01. The minimum atomic E-state index is -4.37. The van der Waals surface area contributed by atoms with Gasteiger partial charge in [0, 0.05) is 16.5 Å². The van der Waals surface area contributed by atoms with Crippen molar-refractivity contribution in [2.75, 3.05) is 0 Å². The lowest BCUT2D eigenvalue weighted by Crippen LogP contribution is -2.03. The highest BCUT2D eigenvalue weighted by molar-refractivity contribution is 7.13. The third kappa shape index (κ3) is 4.18. The number of aromatic nitrogens is 1. The summed E-state index contributed by atoms with van der Waals surface area (Å²) < 4.78 is 37.8. The number of halogens is 3. The van der Waals surface area contributed by atoms with Gasteiger partial charge in [0.1, 0.15) is 10.8 Å². The maximum absolute atomic E-state index is 12.6. The van der Waals surface area contributed by atoms with Gasteiger partial charge >= 0.3 is 6.18 Å². The number of ketones is 1. The summed E-state index contributed by atoms with van der Waals surface area (Å²) in [6.07, 6.45) is -1.52. The first-order valence-corrected chi connectivity index (χ1v) is 8.35. The monoisotopic (exact) mass is 375 g/mol. The third-order valence-electron chi connectivity index (χ3n) is 3.52. The number of nitrogens with zero attached hydrogens (tertiary/aromatic N) is 1. The third-order valence-corrected chi connectivity index (χ3v) is 4.43. The molecule has 1 heterocycles. The van der Waals surface area contributed by atoms with Gasteiger partial charge in [-0.15, -0.1) is 11.3 Å². The number of hydrogen-bond donors (Lipinski definition) is 1. The highest BCUT2D eigenvalue weighted by Crippen LogP contribution is 2.31. The molecule has 1 aromatic heterocycles. The number of hydrogen-bond acceptors (Lipinski definition) is 4. The van der Waals surface area contributed by atoms with Gasteiger partial charge in [0.05, 0.1) is 11.3 Å². The molecule has 0 aliphatic rings. The van der Waals surface area contributed by atoms with Crippen LogP contribution in [0.3, 0.4) is 0 Å². The predicted molar refractivity (Wildman–Crippen MR) is 94.0 cm³/mol. The molecule has 7 heteroatoms. The van der Waals surface area contributed by atoms with E-state index < -0.39 is 11.7 Å². The van der Waals surface area contributed by atoms with Gasteiger partial charge in [-0.1, -0.05) is 24.3 Å². The number of allylic oxidation sites excluding steroid dienone is 1. The van der Waals surface area contributed by atoms with E-state index in [0.29, 0.717) is 21.8 Å². The molecule has 0 bridgehead atoms. The van der Waals surface area contributed by atoms with E-state index in [0.717, 1.165) is 12.1 Å². The van der Waals surface area contributed by atoms with Gasteiger partial charge in [-0.3, -0.25) is 4.79 Å². The average molecular weight is 375 g/mol. The van der Waals surface area contributed by atoms with E-state index in [9.17, 15) is 23.1 Å². The van der Waals surface area contributed by atoms with Crippen molar-refractivity contribution in [1.82, 2.24) is 4.98 Å². The Morgan fingerprint density at radius 3 is 2.50 bits per heavy atom. The van der Waals surface area contributed by atoms with Crippen LogP contribution in [-0.4, -0.2) is 15.9 Å². The molecule has 0 atom stereocenters. The van der Waals surface area contributed by atoms with E-state index in [4.69, 9.17) is 0 Å².